The van der Waals surface area contributed by atoms with E-state index in [1.165, 1.54) is 26.2 Å². The van der Waals surface area contributed by atoms with E-state index in [2.05, 4.69) is 14.4 Å². The average Bonchev–Trinajstić information content (AvgIpc) is 2.76. The molecule has 0 bridgehead atoms. The van der Waals surface area contributed by atoms with Crippen LogP contribution in [0.1, 0.15) is 17.4 Å². The molecule has 20 heavy (non-hydrogen) atoms. The summed E-state index contributed by atoms with van der Waals surface area (Å²) in [5.74, 6) is -1.45. The highest BCUT2D eigenvalue weighted by molar-refractivity contribution is 7.92. The number of H-pyrrole nitrogens is 1. The maximum absolute atomic E-state index is 13.3. The number of aromatic nitrogens is 1. The zero-order valence-corrected chi connectivity index (χ0v) is 11.7. The lowest BCUT2D eigenvalue weighted by molar-refractivity contribution is 0.0596. The lowest BCUT2D eigenvalue weighted by Gasteiger charge is -2.07. The Morgan fingerprint density at radius 2 is 2.15 bits per heavy atom. The number of sulfonamides is 1. The minimum absolute atomic E-state index is 0.00630. The van der Waals surface area contributed by atoms with Crippen molar-refractivity contribution >= 4 is 32.6 Å². The third-order valence-corrected chi connectivity index (χ3v) is 4.06. The van der Waals surface area contributed by atoms with Gasteiger partial charge in [0.25, 0.3) is 0 Å². The van der Waals surface area contributed by atoms with Crippen molar-refractivity contribution in [3.8, 4) is 0 Å². The number of benzene rings is 1. The molecule has 6 nitrogen and oxygen atoms in total. The predicted octanol–water partition coefficient (Wildman–Crippen LogP) is 1.86. The number of hydrogen-bond acceptors (Lipinski definition) is 4. The highest BCUT2D eigenvalue weighted by atomic mass is 32.2. The molecule has 0 spiro atoms. The molecule has 1 heterocycles. The SMILES string of the molecule is CCS(=O)(=O)Nc1c(C(=O)OC)[nH]c2ccc(F)cc12. The van der Waals surface area contributed by atoms with Crippen molar-refractivity contribution < 1.29 is 22.3 Å². The maximum atomic E-state index is 13.3. The number of halogens is 1. The van der Waals surface area contributed by atoms with E-state index in [9.17, 15) is 17.6 Å². The zero-order valence-electron chi connectivity index (χ0n) is 10.9. The predicted molar refractivity (Wildman–Crippen MR) is 72.7 cm³/mol. The number of ether oxygens (including phenoxy) is 1. The second-order valence-corrected chi connectivity index (χ2v) is 6.07. The van der Waals surface area contributed by atoms with Crippen LogP contribution in [0.3, 0.4) is 0 Å². The molecule has 0 fully saturated rings. The number of hydrogen-bond donors (Lipinski definition) is 2. The van der Waals surface area contributed by atoms with Gasteiger partial charge in [-0.05, 0) is 25.1 Å². The fraction of sp³-hybridized carbons (Fsp3) is 0.250. The fourth-order valence-corrected chi connectivity index (χ4v) is 2.42. The van der Waals surface area contributed by atoms with Crippen molar-refractivity contribution in [3.63, 3.8) is 0 Å². The van der Waals surface area contributed by atoms with Crippen LogP contribution in [0.25, 0.3) is 10.9 Å². The Morgan fingerprint density at radius 3 is 2.75 bits per heavy atom. The summed E-state index contributed by atoms with van der Waals surface area (Å²) in [4.78, 5) is 14.4. The molecule has 0 unspecified atom stereocenters. The largest absolute Gasteiger partial charge is 0.464 e. The Balaban J connectivity index is 2.69. The smallest absolute Gasteiger partial charge is 0.356 e. The van der Waals surface area contributed by atoms with Gasteiger partial charge in [0.15, 0.2) is 5.69 Å². The molecule has 0 atom stereocenters. The van der Waals surface area contributed by atoms with E-state index in [0.717, 1.165) is 6.07 Å². The minimum Gasteiger partial charge on any atom is -0.464 e. The van der Waals surface area contributed by atoms with Gasteiger partial charge >= 0.3 is 5.97 Å². The molecule has 0 aliphatic rings. The van der Waals surface area contributed by atoms with Gasteiger partial charge in [0.2, 0.25) is 10.0 Å². The number of anilines is 1. The quantitative estimate of drug-likeness (QED) is 0.843. The summed E-state index contributed by atoms with van der Waals surface area (Å²) in [6, 6.07) is 3.77. The number of aromatic amines is 1. The second-order valence-electron chi connectivity index (χ2n) is 4.06. The van der Waals surface area contributed by atoms with Crippen LogP contribution < -0.4 is 4.72 Å². The van der Waals surface area contributed by atoms with Gasteiger partial charge in [-0.15, -0.1) is 0 Å². The van der Waals surface area contributed by atoms with E-state index >= 15 is 0 Å². The molecule has 0 saturated carbocycles. The Labute approximate surface area is 115 Å². The van der Waals surface area contributed by atoms with Crippen LogP contribution in [-0.2, 0) is 14.8 Å². The number of carbonyl (C=O) groups excluding carboxylic acids is 1. The van der Waals surface area contributed by atoms with Crippen molar-refractivity contribution in [2.24, 2.45) is 0 Å². The lowest BCUT2D eigenvalue weighted by Crippen LogP contribution is -2.17. The molecule has 1 aromatic heterocycles. The van der Waals surface area contributed by atoms with Gasteiger partial charge in [-0.1, -0.05) is 0 Å². The van der Waals surface area contributed by atoms with E-state index in [0.29, 0.717) is 5.52 Å². The number of nitrogens with one attached hydrogen (secondary N) is 2. The molecular weight excluding hydrogens is 287 g/mol. The number of fused-ring (bicyclic) bond motifs is 1. The third-order valence-electron chi connectivity index (χ3n) is 2.79. The number of methoxy groups -OCH3 is 1. The van der Waals surface area contributed by atoms with Crippen LogP contribution in [0.15, 0.2) is 18.2 Å². The zero-order chi connectivity index (χ0) is 14.9. The highest BCUT2D eigenvalue weighted by Gasteiger charge is 2.22. The summed E-state index contributed by atoms with van der Waals surface area (Å²) >= 11 is 0. The highest BCUT2D eigenvalue weighted by Crippen LogP contribution is 2.29. The maximum Gasteiger partial charge on any atom is 0.356 e. The monoisotopic (exact) mass is 300 g/mol. The van der Waals surface area contributed by atoms with Crippen molar-refractivity contribution in [1.29, 1.82) is 0 Å². The summed E-state index contributed by atoms with van der Waals surface area (Å²) in [6.45, 7) is 1.45. The summed E-state index contributed by atoms with van der Waals surface area (Å²) in [6.07, 6.45) is 0. The fourth-order valence-electron chi connectivity index (χ4n) is 1.75. The van der Waals surface area contributed by atoms with E-state index in [1.54, 1.807) is 0 Å². The Kier molecular flexibility index (Phi) is 3.67. The van der Waals surface area contributed by atoms with Gasteiger partial charge in [0, 0.05) is 10.9 Å². The van der Waals surface area contributed by atoms with Gasteiger partial charge in [-0.25, -0.2) is 17.6 Å². The number of carbonyl (C=O) groups is 1. The summed E-state index contributed by atoms with van der Waals surface area (Å²) in [7, 11) is -2.44. The Morgan fingerprint density at radius 1 is 1.45 bits per heavy atom. The lowest BCUT2D eigenvalue weighted by atomic mass is 10.2. The van der Waals surface area contributed by atoms with Crippen molar-refractivity contribution in [3.05, 3.63) is 29.7 Å². The van der Waals surface area contributed by atoms with E-state index in [1.807, 2.05) is 0 Å². The number of esters is 1. The topological polar surface area (TPSA) is 88.3 Å². The first-order chi connectivity index (χ1) is 9.38. The van der Waals surface area contributed by atoms with Crippen molar-refractivity contribution in [1.82, 2.24) is 4.98 Å². The standard InChI is InChI=1S/C12H13FN2O4S/c1-3-20(17,18)15-10-8-6-7(13)4-5-9(8)14-11(10)12(16)19-2/h4-6,14-15H,3H2,1-2H3. The van der Waals surface area contributed by atoms with Gasteiger partial charge in [-0.2, -0.15) is 0 Å². The summed E-state index contributed by atoms with van der Waals surface area (Å²) < 4.78 is 43.6. The molecule has 2 N–H and O–H groups in total. The normalized spacial score (nSPS) is 11.6. The van der Waals surface area contributed by atoms with E-state index < -0.39 is 21.8 Å². The molecule has 1 aromatic carbocycles. The molecule has 0 amide bonds. The molecular formula is C12H13FN2O4S. The summed E-state index contributed by atoms with van der Waals surface area (Å²) in [5, 5.41) is 0.266. The molecule has 0 radical (unpaired) electrons. The van der Waals surface area contributed by atoms with Gasteiger partial charge in [0.05, 0.1) is 18.6 Å². The Bertz CT molecular complexity index is 767. The molecule has 2 aromatic rings. The molecule has 108 valence electrons. The average molecular weight is 300 g/mol. The molecule has 8 heteroatoms. The van der Waals surface area contributed by atoms with Crippen LogP contribution in [0, 0.1) is 5.82 Å². The van der Waals surface area contributed by atoms with Crippen molar-refractivity contribution in [2.75, 3.05) is 17.6 Å². The van der Waals surface area contributed by atoms with Crippen LogP contribution in [0.2, 0.25) is 0 Å². The number of rotatable bonds is 4. The second kappa shape index (κ2) is 5.12. The molecule has 2 rings (SSSR count). The minimum atomic E-state index is -3.61. The van der Waals surface area contributed by atoms with Gasteiger partial charge in [-0.3, -0.25) is 4.72 Å². The van der Waals surface area contributed by atoms with Gasteiger partial charge < -0.3 is 9.72 Å². The third kappa shape index (κ3) is 2.60. The van der Waals surface area contributed by atoms with Gasteiger partial charge in [0.1, 0.15) is 5.82 Å². The van der Waals surface area contributed by atoms with Crippen LogP contribution in [0.5, 0.6) is 0 Å². The first-order valence-corrected chi connectivity index (χ1v) is 7.43. The van der Waals surface area contributed by atoms with Crippen LogP contribution >= 0.6 is 0 Å². The van der Waals surface area contributed by atoms with Crippen molar-refractivity contribution in [2.45, 2.75) is 6.92 Å². The summed E-state index contributed by atoms with van der Waals surface area (Å²) in [5.41, 5.74) is 0.360. The van der Waals surface area contributed by atoms with Crippen LogP contribution in [0.4, 0.5) is 10.1 Å². The van der Waals surface area contributed by atoms with E-state index in [4.69, 9.17) is 0 Å². The molecule has 0 aliphatic carbocycles. The first kappa shape index (κ1) is 14.3. The van der Waals surface area contributed by atoms with E-state index in [-0.39, 0.29) is 22.5 Å². The molecule has 0 saturated heterocycles. The first-order valence-electron chi connectivity index (χ1n) is 5.78. The molecule has 0 aliphatic heterocycles. The Hall–Kier alpha value is -2.09. The van der Waals surface area contributed by atoms with Crippen LogP contribution in [-0.4, -0.2) is 32.2 Å².